The van der Waals surface area contributed by atoms with Crippen LogP contribution in [-0.2, 0) is 9.59 Å². The van der Waals surface area contributed by atoms with Gasteiger partial charge in [-0.05, 0) is 24.7 Å². The van der Waals surface area contributed by atoms with Crippen molar-refractivity contribution in [1.82, 2.24) is 4.90 Å². The Hall–Kier alpha value is -2.12. The number of benzene rings is 1. The summed E-state index contributed by atoms with van der Waals surface area (Å²) >= 11 is 0. The molecule has 7 heteroatoms. The number of phenols is 1. The Balaban J connectivity index is 2.74. The second-order valence-electron chi connectivity index (χ2n) is 4.50. The van der Waals surface area contributed by atoms with Crippen molar-refractivity contribution in [2.75, 3.05) is 13.6 Å². The van der Waals surface area contributed by atoms with Crippen LogP contribution in [0.15, 0.2) is 24.3 Å². The molecule has 0 heterocycles. The van der Waals surface area contributed by atoms with E-state index >= 15 is 0 Å². The summed E-state index contributed by atoms with van der Waals surface area (Å²) in [5.74, 6) is -2.50. The Morgan fingerprint density at radius 1 is 1.30 bits per heavy atom. The lowest BCUT2D eigenvalue weighted by Gasteiger charge is -2.25. The van der Waals surface area contributed by atoms with Gasteiger partial charge in [0.1, 0.15) is 11.8 Å². The summed E-state index contributed by atoms with van der Waals surface area (Å²) in [6, 6.07) is 4.74. The van der Waals surface area contributed by atoms with Gasteiger partial charge in [0.25, 0.3) is 0 Å². The van der Waals surface area contributed by atoms with Crippen LogP contribution in [0.5, 0.6) is 5.75 Å². The molecule has 0 aromatic heterocycles. The molecule has 0 radical (unpaired) electrons. The van der Waals surface area contributed by atoms with Crippen molar-refractivity contribution >= 4 is 11.9 Å². The average Bonchev–Trinajstić information content (AvgIpc) is 2.35. The first-order chi connectivity index (χ1) is 9.31. The number of aliphatic hydroxyl groups is 1. The molecule has 110 valence electrons. The number of aliphatic hydroxyl groups excluding tert-OH is 1. The summed E-state index contributed by atoms with van der Waals surface area (Å²) in [7, 11) is 1.42. The average molecular weight is 283 g/mol. The van der Waals surface area contributed by atoms with Gasteiger partial charge in [0.05, 0.1) is 12.5 Å². The summed E-state index contributed by atoms with van der Waals surface area (Å²) in [5.41, 5.74) is 0.427. The fourth-order valence-electron chi connectivity index (χ4n) is 1.83. The van der Waals surface area contributed by atoms with E-state index in [0.717, 1.165) is 0 Å². The van der Waals surface area contributed by atoms with Crippen LogP contribution in [0.1, 0.15) is 18.1 Å². The molecule has 4 N–H and O–H groups in total. The summed E-state index contributed by atoms with van der Waals surface area (Å²) in [6.07, 6.45) is -1.58. The van der Waals surface area contributed by atoms with Gasteiger partial charge in [-0.15, -0.1) is 0 Å². The van der Waals surface area contributed by atoms with Crippen LogP contribution in [0.3, 0.4) is 0 Å². The fourth-order valence-corrected chi connectivity index (χ4v) is 1.83. The predicted octanol–water partition coefficient (Wildman–Crippen LogP) is 0.285. The molecule has 20 heavy (non-hydrogen) atoms. The minimum atomic E-state index is -1.27. The van der Waals surface area contributed by atoms with E-state index in [1.165, 1.54) is 24.1 Å². The van der Waals surface area contributed by atoms with Crippen LogP contribution in [-0.4, -0.2) is 56.9 Å². The Morgan fingerprint density at radius 3 is 2.45 bits per heavy atom. The molecule has 0 aliphatic heterocycles. The van der Waals surface area contributed by atoms with Gasteiger partial charge in [-0.1, -0.05) is 12.1 Å². The molecule has 0 bridgehead atoms. The number of nitrogens with zero attached hydrogens (tertiary/aromatic N) is 1. The predicted molar refractivity (Wildman–Crippen MR) is 69.4 cm³/mol. The molecular formula is C13H17NO6. The molecular weight excluding hydrogens is 266 g/mol. The Morgan fingerprint density at radius 2 is 1.95 bits per heavy atom. The summed E-state index contributed by atoms with van der Waals surface area (Å²) in [6.45, 7) is -0.0618. The highest BCUT2D eigenvalue weighted by Gasteiger charge is 2.27. The second kappa shape index (κ2) is 6.88. The van der Waals surface area contributed by atoms with Crippen LogP contribution in [0.4, 0.5) is 0 Å². The molecule has 1 aromatic rings. The molecule has 0 aliphatic rings. The van der Waals surface area contributed by atoms with Crippen molar-refractivity contribution in [2.24, 2.45) is 0 Å². The van der Waals surface area contributed by atoms with Crippen molar-refractivity contribution in [3.05, 3.63) is 29.8 Å². The van der Waals surface area contributed by atoms with Gasteiger partial charge >= 0.3 is 11.9 Å². The normalized spacial score (nSPS) is 13.9. The molecule has 0 fully saturated rings. The summed E-state index contributed by atoms with van der Waals surface area (Å²) < 4.78 is 0. The molecule has 0 saturated carbocycles. The number of rotatable bonds is 7. The standard InChI is InChI=1S/C13H17NO6/c1-14(10(13(19)20)6-12(17)18)7-11(16)8-3-2-4-9(15)5-8/h2-5,10-11,15-16H,6-7H2,1H3,(H,17,18)(H,19,20)/t10?,11-/m0/s1. The zero-order valence-corrected chi connectivity index (χ0v) is 10.9. The first kappa shape index (κ1) is 15.9. The van der Waals surface area contributed by atoms with E-state index < -0.39 is 30.5 Å². The van der Waals surface area contributed by atoms with E-state index in [4.69, 9.17) is 10.2 Å². The Kier molecular flexibility index (Phi) is 5.48. The Bertz CT molecular complexity index is 490. The number of aromatic hydroxyl groups is 1. The molecule has 0 saturated heterocycles. The maximum absolute atomic E-state index is 11.0. The molecule has 7 nitrogen and oxygen atoms in total. The van der Waals surface area contributed by atoms with E-state index in [2.05, 4.69) is 0 Å². The monoisotopic (exact) mass is 283 g/mol. The molecule has 1 unspecified atom stereocenters. The third kappa shape index (κ3) is 4.52. The Labute approximate surface area is 115 Å². The lowest BCUT2D eigenvalue weighted by Crippen LogP contribution is -2.42. The first-order valence-electron chi connectivity index (χ1n) is 5.93. The summed E-state index contributed by atoms with van der Waals surface area (Å²) in [5, 5.41) is 37.0. The van der Waals surface area contributed by atoms with E-state index in [-0.39, 0.29) is 12.3 Å². The van der Waals surface area contributed by atoms with Gasteiger partial charge in [-0.3, -0.25) is 14.5 Å². The van der Waals surface area contributed by atoms with Crippen molar-refractivity contribution in [2.45, 2.75) is 18.6 Å². The van der Waals surface area contributed by atoms with E-state index in [1.54, 1.807) is 12.1 Å². The molecule has 2 atom stereocenters. The molecule has 0 spiro atoms. The largest absolute Gasteiger partial charge is 0.508 e. The van der Waals surface area contributed by atoms with Gasteiger partial charge in [0.15, 0.2) is 0 Å². The van der Waals surface area contributed by atoms with Gasteiger partial charge in [0.2, 0.25) is 0 Å². The second-order valence-corrected chi connectivity index (χ2v) is 4.50. The minimum absolute atomic E-state index is 0.00970. The smallest absolute Gasteiger partial charge is 0.321 e. The number of phenolic OH excluding ortho intramolecular Hbond substituents is 1. The zero-order chi connectivity index (χ0) is 15.3. The molecule has 0 amide bonds. The molecule has 1 aromatic carbocycles. The molecule has 0 aliphatic carbocycles. The lowest BCUT2D eigenvalue weighted by atomic mass is 10.1. The third-order valence-electron chi connectivity index (χ3n) is 2.90. The number of hydrogen-bond acceptors (Lipinski definition) is 5. The van der Waals surface area contributed by atoms with Gasteiger partial charge < -0.3 is 20.4 Å². The van der Waals surface area contributed by atoms with Crippen molar-refractivity contribution in [3.63, 3.8) is 0 Å². The number of likely N-dealkylation sites (N-methyl/N-ethyl adjacent to an activating group) is 1. The highest BCUT2D eigenvalue weighted by molar-refractivity contribution is 5.80. The number of carbonyl (C=O) groups is 2. The van der Waals surface area contributed by atoms with E-state index in [0.29, 0.717) is 5.56 Å². The van der Waals surface area contributed by atoms with Crippen LogP contribution in [0, 0.1) is 0 Å². The fraction of sp³-hybridized carbons (Fsp3) is 0.385. The summed E-state index contributed by atoms with van der Waals surface area (Å²) in [4.78, 5) is 22.9. The zero-order valence-electron chi connectivity index (χ0n) is 10.9. The maximum atomic E-state index is 11.0. The highest BCUT2D eigenvalue weighted by Crippen LogP contribution is 2.19. The van der Waals surface area contributed by atoms with Crippen LogP contribution in [0.2, 0.25) is 0 Å². The third-order valence-corrected chi connectivity index (χ3v) is 2.90. The van der Waals surface area contributed by atoms with Gasteiger partial charge in [-0.2, -0.15) is 0 Å². The van der Waals surface area contributed by atoms with Crippen molar-refractivity contribution in [3.8, 4) is 5.75 Å². The SMILES string of the molecule is CN(C[C@H](O)c1cccc(O)c1)C(CC(=O)O)C(=O)O. The van der Waals surface area contributed by atoms with Crippen LogP contribution >= 0.6 is 0 Å². The maximum Gasteiger partial charge on any atom is 0.321 e. The van der Waals surface area contributed by atoms with Crippen molar-refractivity contribution < 1.29 is 30.0 Å². The van der Waals surface area contributed by atoms with Gasteiger partial charge in [0, 0.05) is 6.54 Å². The topological polar surface area (TPSA) is 118 Å². The van der Waals surface area contributed by atoms with E-state index in [1.807, 2.05) is 0 Å². The first-order valence-corrected chi connectivity index (χ1v) is 5.93. The van der Waals surface area contributed by atoms with Gasteiger partial charge in [-0.25, -0.2) is 0 Å². The quantitative estimate of drug-likeness (QED) is 0.567. The molecule has 1 rings (SSSR count). The van der Waals surface area contributed by atoms with Crippen LogP contribution < -0.4 is 0 Å². The lowest BCUT2D eigenvalue weighted by molar-refractivity contribution is -0.149. The number of carboxylic acids is 2. The van der Waals surface area contributed by atoms with E-state index in [9.17, 15) is 19.8 Å². The van der Waals surface area contributed by atoms with Crippen molar-refractivity contribution in [1.29, 1.82) is 0 Å². The number of aliphatic carboxylic acids is 2. The highest BCUT2D eigenvalue weighted by atomic mass is 16.4. The number of hydrogen-bond donors (Lipinski definition) is 4. The minimum Gasteiger partial charge on any atom is -0.508 e. The number of carboxylic acid groups (broad SMARTS) is 2. The van der Waals surface area contributed by atoms with Crippen LogP contribution in [0.25, 0.3) is 0 Å².